The molecule has 4 aromatic carbocycles. The molecule has 2 nitrogen and oxygen atoms in total. The fraction of sp³-hybridized carbons (Fsp3) is 0.152. The van der Waals surface area contributed by atoms with Crippen molar-refractivity contribution in [3.05, 3.63) is 131 Å². The molecule has 0 atom stereocenters. The highest BCUT2D eigenvalue weighted by Crippen LogP contribution is 2.56. The lowest BCUT2D eigenvalue weighted by Crippen LogP contribution is -2.54. The van der Waals surface area contributed by atoms with Crippen LogP contribution in [0.4, 0.5) is 26.3 Å². The Labute approximate surface area is 234 Å². The summed E-state index contributed by atoms with van der Waals surface area (Å²) in [6, 6.07) is 21.4. The molecule has 0 spiro atoms. The van der Waals surface area contributed by atoms with Gasteiger partial charge in [0, 0.05) is 11.1 Å². The second kappa shape index (κ2) is 12.0. The van der Waals surface area contributed by atoms with Gasteiger partial charge < -0.3 is 9.47 Å². The lowest BCUT2D eigenvalue weighted by Gasteiger charge is -2.38. The molecule has 0 aromatic heterocycles. The zero-order valence-electron chi connectivity index (χ0n) is 22.1. The van der Waals surface area contributed by atoms with E-state index in [-0.39, 0.29) is 11.5 Å². The highest BCUT2D eigenvalue weighted by Gasteiger charge is 2.72. The molecule has 41 heavy (non-hydrogen) atoms. The number of hydrogen-bond donors (Lipinski definition) is 0. The van der Waals surface area contributed by atoms with E-state index in [1.54, 1.807) is 86.7 Å². The Kier molecular flexibility index (Phi) is 8.61. The van der Waals surface area contributed by atoms with Gasteiger partial charge >= 0.3 is 12.4 Å². The van der Waals surface area contributed by atoms with Crippen molar-refractivity contribution < 1.29 is 35.8 Å². The fourth-order valence-corrected chi connectivity index (χ4v) is 4.56. The summed E-state index contributed by atoms with van der Waals surface area (Å²) in [5.74, 6) is 0.991. The average Bonchev–Trinajstić information content (AvgIpc) is 2.92. The third-order valence-corrected chi connectivity index (χ3v) is 6.41. The zero-order valence-corrected chi connectivity index (χ0v) is 22.1. The monoisotopic (exact) mass is 568 g/mol. The van der Waals surface area contributed by atoms with E-state index < -0.39 is 28.9 Å². The molecule has 0 aliphatic carbocycles. The second-order valence-corrected chi connectivity index (χ2v) is 9.07. The van der Waals surface area contributed by atoms with Crippen molar-refractivity contribution in [3.63, 3.8) is 0 Å². The van der Waals surface area contributed by atoms with E-state index in [1.807, 2.05) is 0 Å². The topological polar surface area (TPSA) is 18.5 Å². The molecular formula is C33H26F6O2. The minimum atomic E-state index is -5.72. The van der Waals surface area contributed by atoms with Gasteiger partial charge in [-0.15, -0.1) is 0 Å². The Morgan fingerprint density at radius 2 is 0.829 bits per heavy atom. The minimum absolute atomic E-state index is 0.0903. The number of alkyl halides is 6. The lowest BCUT2D eigenvalue weighted by molar-refractivity contribution is -0.288. The van der Waals surface area contributed by atoms with Crippen LogP contribution in [0.15, 0.2) is 109 Å². The van der Waals surface area contributed by atoms with Gasteiger partial charge in [0.15, 0.2) is 0 Å². The summed E-state index contributed by atoms with van der Waals surface area (Å²) in [5, 5.41) is 0. The molecule has 0 aliphatic rings. The van der Waals surface area contributed by atoms with Gasteiger partial charge in [-0.25, -0.2) is 0 Å². The van der Waals surface area contributed by atoms with E-state index in [4.69, 9.17) is 9.47 Å². The molecule has 0 unspecified atom stereocenters. The minimum Gasteiger partial charge on any atom is -0.457 e. The van der Waals surface area contributed by atoms with Crippen molar-refractivity contribution >= 4 is 12.2 Å². The van der Waals surface area contributed by atoms with E-state index in [2.05, 4.69) is 0 Å². The number of rotatable bonds is 8. The van der Waals surface area contributed by atoms with E-state index in [9.17, 15) is 26.3 Å². The van der Waals surface area contributed by atoms with Crippen LogP contribution < -0.4 is 9.47 Å². The van der Waals surface area contributed by atoms with Crippen LogP contribution in [-0.2, 0) is 5.41 Å². The van der Waals surface area contributed by atoms with Gasteiger partial charge in [0.05, 0.1) is 0 Å². The fourth-order valence-electron chi connectivity index (χ4n) is 4.56. The molecule has 4 aromatic rings. The van der Waals surface area contributed by atoms with Crippen LogP contribution in [0.1, 0.15) is 36.1 Å². The number of allylic oxidation sites excluding steroid dienone is 2. The smallest absolute Gasteiger partial charge is 0.411 e. The van der Waals surface area contributed by atoms with Crippen molar-refractivity contribution in [2.75, 3.05) is 0 Å². The Bertz CT molecular complexity index is 1400. The van der Waals surface area contributed by atoms with Crippen LogP contribution in [0.2, 0.25) is 0 Å². The van der Waals surface area contributed by atoms with Crippen LogP contribution in [-0.4, -0.2) is 12.4 Å². The van der Waals surface area contributed by atoms with E-state index in [0.29, 0.717) is 22.6 Å². The number of para-hydroxylation sites is 2. The highest BCUT2D eigenvalue weighted by atomic mass is 19.4. The number of halogens is 6. The van der Waals surface area contributed by atoms with Gasteiger partial charge in [0.25, 0.3) is 0 Å². The lowest BCUT2D eigenvalue weighted by atomic mass is 9.73. The highest BCUT2D eigenvalue weighted by molar-refractivity contribution is 5.59. The number of benzene rings is 4. The van der Waals surface area contributed by atoms with E-state index >= 15 is 0 Å². The molecule has 0 saturated carbocycles. The van der Waals surface area contributed by atoms with Gasteiger partial charge in [-0.05, 0) is 61.4 Å². The van der Waals surface area contributed by atoms with Crippen molar-refractivity contribution in [2.24, 2.45) is 0 Å². The summed E-state index contributed by atoms with van der Waals surface area (Å²) in [4.78, 5) is 0. The van der Waals surface area contributed by atoms with Crippen molar-refractivity contribution in [1.82, 2.24) is 0 Å². The van der Waals surface area contributed by atoms with Crippen LogP contribution in [0, 0.1) is 0 Å². The second-order valence-electron chi connectivity index (χ2n) is 9.07. The standard InChI is InChI=1S/C33H26F6O2/c1-3-9-23-11-5-7-13-29(23)40-27-19-15-25(16-20-27)31(32(34,35)36,33(37,38)39)26-17-21-28(22-18-26)41-30-14-8-6-12-24(30)10-4-2/h3-22H,1-2H3. The summed E-state index contributed by atoms with van der Waals surface area (Å²) in [6.07, 6.45) is -4.32. The first kappa shape index (κ1) is 29.5. The Morgan fingerprint density at radius 3 is 1.15 bits per heavy atom. The third kappa shape index (κ3) is 6.01. The molecule has 4 rings (SSSR count). The van der Waals surface area contributed by atoms with Crippen molar-refractivity contribution in [3.8, 4) is 23.0 Å². The largest absolute Gasteiger partial charge is 0.457 e. The summed E-state index contributed by atoms with van der Waals surface area (Å²) in [5.41, 5.74) is -4.86. The molecule has 212 valence electrons. The third-order valence-electron chi connectivity index (χ3n) is 6.41. The molecule has 0 heterocycles. The maximum atomic E-state index is 14.6. The van der Waals surface area contributed by atoms with E-state index in [1.165, 1.54) is 0 Å². The first-order valence-corrected chi connectivity index (χ1v) is 12.6. The summed E-state index contributed by atoms with van der Waals surface area (Å²) < 4.78 is 99.2. The Morgan fingerprint density at radius 1 is 0.488 bits per heavy atom. The Hall–Kier alpha value is -4.46. The summed E-state index contributed by atoms with van der Waals surface area (Å²) in [6.45, 7) is 3.61. The average molecular weight is 569 g/mol. The van der Waals surface area contributed by atoms with Crippen molar-refractivity contribution in [1.29, 1.82) is 0 Å². The molecule has 0 bridgehead atoms. The normalized spacial score (nSPS) is 12.7. The first-order chi connectivity index (χ1) is 19.5. The van der Waals surface area contributed by atoms with Crippen molar-refractivity contribution in [2.45, 2.75) is 31.6 Å². The van der Waals surface area contributed by atoms with Gasteiger partial charge in [0.2, 0.25) is 5.41 Å². The van der Waals surface area contributed by atoms with Gasteiger partial charge in [-0.1, -0.05) is 85.0 Å². The van der Waals surface area contributed by atoms with E-state index in [0.717, 1.165) is 48.5 Å². The number of ether oxygens (including phenoxy) is 2. The van der Waals surface area contributed by atoms with Gasteiger partial charge in [0.1, 0.15) is 23.0 Å². The molecular weight excluding hydrogens is 542 g/mol. The number of hydrogen-bond acceptors (Lipinski definition) is 2. The maximum Gasteiger partial charge on any atom is 0.411 e. The Balaban J connectivity index is 1.73. The molecule has 8 heteroatoms. The molecule has 0 N–H and O–H groups in total. The zero-order chi connectivity index (χ0) is 29.7. The predicted octanol–water partition coefficient (Wildman–Crippen LogP) is 10.7. The SMILES string of the molecule is CC=Cc1ccccc1Oc1ccc(C(c2ccc(Oc3ccccc3C=CC)cc2)(C(F)(F)F)C(F)(F)F)cc1. The van der Waals surface area contributed by atoms with Gasteiger partial charge in [-0.2, -0.15) is 26.3 Å². The molecule has 0 fully saturated rings. The molecule has 0 aliphatic heterocycles. The first-order valence-electron chi connectivity index (χ1n) is 12.6. The maximum absolute atomic E-state index is 14.6. The summed E-state index contributed by atoms with van der Waals surface area (Å²) in [7, 11) is 0. The van der Waals surface area contributed by atoms with Crippen LogP contribution in [0.5, 0.6) is 23.0 Å². The molecule has 0 amide bonds. The van der Waals surface area contributed by atoms with Crippen LogP contribution in [0.3, 0.4) is 0 Å². The molecule has 0 saturated heterocycles. The predicted molar refractivity (Wildman–Crippen MR) is 148 cm³/mol. The van der Waals surface area contributed by atoms with Crippen LogP contribution >= 0.6 is 0 Å². The molecule has 0 radical (unpaired) electrons. The quantitative estimate of drug-likeness (QED) is 0.197. The van der Waals surface area contributed by atoms with Gasteiger partial charge in [-0.3, -0.25) is 0 Å². The summed E-state index contributed by atoms with van der Waals surface area (Å²) >= 11 is 0. The van der Waals surface area contributed by atoms with Crippen LogP contribution in [0.25, 0.3) is 12.2 Å².